The maximum atomic E-state index is 12.3. The van der Waals surface area contributed by atoms with Gasteiger partial charge in [-0.05, 0) is 38.0 Å². The van der Waals surface area contributed by atoms with Crippen molar-refractivity contribution in [3.8, 4) is 0 Å². The van der Waals surface area contributed by atoms with Crippen LogP contribution in [-0.2, 0) is 9.53 Å². The molecule has 0 saturated carbocycles. The molecule has 3 saturated heterocycles. The third-order valence-corrected chi connectivity index (χ3v) is 4.88. The zero-order valence-electron chi connectivity index (χ0n) is 11.6. The Labute approximate surface area is 121 Å². The Morgan fingerprint density at radius 3 is 2.53 bits per heavy atom. The first-order valence-electron chi connectivity index (χ1n) is 7.32. The highest BCUT2D eigenvalue weighted by molar-refractivity contribution is 5.85. The van der Waals surface area contributed by atoms with Crippen molar-refractivity contribution in [1.29, 1.82) is 0 Å². The molecule has 19 heavy (non-hydrogen) atoms. The molecule has 0 aliphatic carbocycles. The lowest BCUT2D eigenvalue weighted by atomic mass is 9.89. The van der Waals surface area contributed by atoms with Crippen LogP contribution >= 0.6 is 12.4 Å². The zero-order valence-corrected chi connectivity index (χ0v) is 12.5. The fourth-order valence-electron chi connectivity index (χ4n) is 3.76. The summed E-state index contributed by atoms with van der Waals surface area (Å²) in [5.41, 5.74) is 0. The summed E-state index contributed by atoms with van der Waals surface area (Å²) >= 11 is 0. The second-order valence-corrected chi connectivity index (χ2v) is 6.20. The average Bonchev–Trinajstić information content (AvgIpc) is 2.98. The first-order chi connectivity index (χ1) is 8.72. The molecule has 3 atom stereocenters. The number of likely N-dealkylation sites (N-methyl/N-ethyl adjacent to an activating group) is 1. The molecule has 0 aromatic carbocycles. The fraction of sp³-hybridized carbons (Fsp3) is 0.929. The van der Waals surface area contributed by atoms with Crippen molar-refractivity contribution in [1.82, 2.24) is 10.2 Å². The van der Waals surface area contributed by atoms with Crippen LogP contribution in [0.3, 0.4) is 0 Å². The lowest BCUT2D eigenvalue weighted by Crippen LogP contribution is -2.42. The van der Waals surface area contributed by atoms with Crippen molar-refractivity contribution in [2.75, 3.05) is 20.3 Å². The average molecular weight is 289 g/mol. The van der Waals surface area contributed by atoms with E-state index in [2.05, 4.69) is 5.32 Å². The number of hydrogen-bond donors (Lipinski definition) is 1. The minimum atomic E-state index is 0. The van der Waals surface area contributed by atoms with Gasteiger partial charge >= 0.3 is 0 Å². The molecule has 3 aliphatic rings. The maximum Gasteiger partial charge on any atom is 0.222 e. The van der Waals surface area contributed by atoms with Crippen molar-refractivity contribution in [2.24, 2.45) is 5.92 Å². The Hall–Kier alpha value is -0.320. The SMILES string of the molecule is CN(C(=O)CC1CC2CCC(C1)N2)C1CCOC1.Cl. The maximum absolute atomic E-state index is 12.3. The van der Waals surface area contributed by atoms with E-state index in [1.165, 1.54) is 25.7 Å². The fourth-order valence-corrected chi connectivity index (χ4v) is 3.76. The van der Waals surface area contributed by atoms with E-state index < -0.39 is 0 Å². The van der Waals surface area contributed by atoms with E-state index in [1.54, 1.807) is 0 Å². The second kappa shape index (κ2) is 6.42. The topological polar surface area (TPSA) is 41.6 Å². The van der Waals surface area contributed by atoms with Gasteiger partial charge in [-0.1, -0.05) is 0 Å². The minimum absolute atomic E-state index is 0. The molecule has 4 nitrogen and oxygen atoms in total. The molecule has 5 heteroatoms. The molecule has 3 fully saturated rings. The van der Waals surface area contributed by atoms with Gasteiger partial charge in [0.25, 0.3) is 0 Å². The molecule has 0 radical (unpaired) electrons. The number of piperidine rings is 1. The molecule has 3 heterocycles. The van der Waals surface area contributed by atoms with Crippen molar-refractivity contribution in [3.05, 3.63) is 0 Å². The quantitative estimate of drug-likeness (QED) is 0.857. The summed E-state index contributed by atoms with van der Waals surface area (Å²) < 4.78 is 5.36. The van der Waals surface area contributed by atoms with Crippen LogP contribution in [0.15, 0.2) is 0 Å². The molecule has 110 valence electrons. The van der Waals surface area contributed by atoms with Gasteiger partial charge in [0.05, 0.1) is 12.6 Å². The van der Waals surface area contributed by atoms with E-state index in [4.69, 9.17) is 4.74 Å². The monoisotopic (exact) mass is 288 g/mol. The van der Waals surface area contributed by atoms with E-state index in [0.29, 0.717) is 30.0 Å². The number of nitrogens with zero attached hydrogens (tertiary/aromatic N) is 1. The summed E-state index contributed by atoms with van der Waals surface area (Å²) in [5.74, 6) is 0.915. The summed E-state index contributed by atoms with van der Waals surface area (Å²) in [6, 6.07) is 1.68. The first-order valence-corrected chi connectivity index (χ1v) is 7.32. The Morgan fingerprint density at radius 2 is 1.95 bits per heavy atom. The molecule has 3 unspecified atom stereocenters. The number of nitrogens with one attached hydrogen (secondary N) is 1. The lowest BCUT2D eigenvalue weighted by molar-refractivity contribution is -0.133. The molecular formula is C14H25ClN2O2. The number of rotatable bonds is 3. The number of amides is 1. The smallest absolute Gasteiger partial charge is 0.222 e. The van der Waals surface area contributed by atoms with E-state index in [1.807, 2.05) is 11.9 Å². The van der Waals surface area contributed by atoms with Crippen LogP contribution in [-0.4, -0.2) is 49.2 Å². The summed E-state index contributed by atoms with van der Waals surface area (Å²) in [5, 5.41) is 3.63. The van der Waals surface area contributed by atoms with Gasteiger partial charge in [-0.15, -0.1) is 12.4 Å². The van der Waals surface area contributed by atoms with Gasteiger partial charge in [0.1, 0.15) is 0 Å². The van der Waals surface area contributed by atoms with Crippen LogP contribution in [0.2, 0.25) is 0 Å². The standard InChI is InChI=1S/C14H24N2O2.ClH/c1-16(13-4-5-18-9-13)14(17)8-10-6-11-2-3-12(7-10)15-11;/h10-13,15H,2-9H2,1H3;1H. The highest BCUT2D eigenvalue weighted by atomic mass is 35.5. The number of carbonyl (C=O) groups is 1. The highest BCUT2D eigenvalue weighted by Crippen LogP contribution is 2.33. The van der Waals surface area contributed by atoms with Gasteiger partial charge in [0.2, 0.25) is 5.91 Å². The molecular weight excluding hydrogens is 264 g/mol. The van der Waals surface area contributed by atoms with Crippen LogP contribution < -0.4 is 5.32 Å². The summed E-state index contributed by atoms with van der Waals surface area (Å²) in [4.78, 5) is 14.2. The summed E-state index contributed by atoms with van der Waals surface area (Å²) in [7, 11) is 1.94. The van der Waals surface area contributed by atoms with Gasteiger partial charge in [-0.2, -0.15) is 0 Å². The number of hydrogen-bond acceptors (Lipinski definition) is 3. The third-order valence-electron chi connectivity index (χ3n) is 4.88. The Bertz CT molecular complexity index is 309. The van der Waals surface area contributed by atoms with Crippen LogP contribution in [0, 0.1) is 5.92 Å². The number of carbonyl (C=O) groups excluding carboxylic acids is 1. The number of ether oxygens (including phenoxy) is 1. The molecule has 0 aromatic rings. The van der Waals surface area contributed by atoms with Gasteiger partial charge in [-0.25, -0.2) is 0 Å². The van der Waals surface area contributed by atoms with E-state index in [9.17, 15) is 4.79 Å². The molecule has 0 aromatic heterocycles. The van der Waals surface area contributed by atoms with Crippen LogP contribution in [0.5, 0.6) is 0 Å². The van der Waals surface area contributed by atoms with Crippen molar-refractivity contribution < 1.29 is 9.53 Å². The molecule has 2 bridgehead atoms. The molecule has 0 spiro atoms. The molecule has 1 amide bonds. The Balaban J connectivity index is 0.00000133. The first kappa shape index (κ1) is 15.1. The lowest BCUT2D eigenvalue weighted by Gasteiger charge is -2.31. The van der Waals surface area contributed by atoms with Gasteiger partial charge < -0.3 is 15.0 Å². The minimum Gasteiger partial charge on any atom is -0.379 e. The summed E-state index contributed by atoms with van der Waals surface area (Å²) in [6.07, 6.45) is 6.74. The molecule has 3 rings (SSSR count). The van der Waals surface area contributed by atoms with Gasteiger partial charge in [0, 0.05) is 32.2 Å². The predicted octanol–water partition coefficient (Wildman–Crippen LogP) is 1.58. The number of halogens is 1. The number of fused-ring (bicyclic) bond motifs is 2. The van der Waals surface area contributed by atoms with Gasteiger partial charge in [-0.3, -0.25) is 4.79 Å². The van der Waals surface area contributed by atoms with Crippen LogP contribution in [0.1, 0.15) is 38.5 Å². The predicted molar refractivity (Wildman–Crippen MR) is 76.5 cm³/mol. The third kappa shape index (κ3) is 3.41. The van der Waals surface area contributed by atoms with Crippen molar-refractivity contribution >= 4 is 18.3 Å². The van der Waals surface area contributed by atoms with Crippen LogP contribution in [0.4, 0.5) is 0 Å². The summed E-state index contributed by atoms with van der Waals surface area (Å²) in [6.45, 7) is 1.53. The van der Waals surface area contributed by atoms with Gasteiger partial charge in [0.15, 0.2) is 0 Å². The largest absolute Gasteiger partial charge is 0.379 e. The Morgan fingerprint density at radius 1 is 1.26 bits per heavy atom. The van der Waals surface area contributed by atoms with Crippen molar-refractivity contribution in [2.45, 2.75) is 56.7 Å². The van der Waals surface area contributed by atoms with Crippen molar-refractivity contribution in [3.63, 3.8) is 0 Å². The second-order valence-electron chi connectivity index (χ2n) is 6.20. The highest BCUT2D eigenvalue weighted by Gasteiger charge is 2.35. The Kier molecular flexibility index (Phi) is 5.09. The van der Waals surface area contributed by atoms with E-state index >= 15 is 0 Å². The molecule has 3 aliphatic heterocycles. The van der Waals surface area contributed by atoms with E-state index in [-0.39, 0.29) is 12.4 Å². The normalized spacial score (nSPS) is 36.9. The molecule has 1 N–H and O–H groups in total. The van der Waals surface area contributed by atoms with Crippen LogP contribution in [0.25, 0.3) is 0 Å². The zero-order chi connectivity index (χ0) is 12.5. The van der Waals surface area contributed by atoms with E-state index in [0.717, 1.165) is 26.1 Å².